The standard InChI is InChI=1S/C20H21N3O3S2/c1-15-6-10-27-20(15)14-23-8-9-26-19-11-18(5-4-16(19)13-23)28(24,25)22-17-3-2-7-21-12-17/h2-7,10-12H,8-9,13-14H2,1H3,(H-,22,24,25). The molecule has 28 heavy (non-hydrogen) atoms. The predicted octanol–water partition coefficient (Wildman–Crippen LogP) is 3.86. The summed E-state index contributed by atoms with van der Waals surface area (Å²) in [5, 5.41) is 2.11. The SMILES string of the molecule is Cc1ccsc1CN1CCOc2cc([S+](=O)([O-])Nc3cccnc3)ccc2C1. The van der Waals surface area contributed by atoms with Crippen LogP contribution < -0.4 is 9.46 Å². The number of hydrogen-bond donors (Lipinski definition) is 1. The van der Waals surface area contributed by atoms with Crippen molar-refractivity contribution >= 4 is 27.4 Å². The van der Waals surface area contributed by atoms with Crippen molar-refractivity contribution in [3.63, 3.8) is 0 Å². The number of pyridine rings is 1. The molecule has 0 amide bonds. The Kier molecular flexibility index (Phi) is 5.45. The average molecular weight is 416 g/mol. The van der Waals surface area contributed by atoms with Gasteiger partial charge in [-0.15, -0.1) is 11.3 Å². The number of ether oxygens (including phenoxy) is 1. The lowest BCUT2D eigenvalue weighted by Gasteiger charge is -2.19. The van der Waals surface area contributed by atoms with Crippen molar-refractivity contribution in [2.75, 3.05) is 17.9 Å². The van der Waals surface area contributed by atoms with Crippen molar-refractivity contribution in [3.05, 3.63) is 70.2 Å². The monoisotopic (exact) mass is 415 g/mol. The number of rotatable bonds is 5. The van der Waals surface area contributed by atoms with Crippen LogP contribution in [0.2, 0.25) is 0 Å². The Balaban J connectivity index is 1.53. The van der Waals surface area contributed by atoms with Crippen molar-refractivity contribution in [2.45, 2.75) is 24.9 Å². The van der Waals surface area contributed by atoms with Crippen LogP contribution in [0.5, 0.6) is 5.75 Å². The van der Waals surface area contributed by atoms with Crippen LogP contribution in [-0.4, -0.2) is 27.6 Å². The van der Waals surface area contributed by atoms with Gasteiger partial charge in [0, 0.05) is 42.3 Å². The summed E-state index contributed by atoms with van der Waals surface area (Å²) < 4.78 is 33.8. The maximum Gasteiger partial charge on any atom is 0.184 e. The third-order valence-electron chi connectivity index (χ3n) is 4.66. The van der Waals surface area contributed by atoms with Crippen LogP contribution in [0.15, 0.2) is 59.1 Å². The molecule has 8 heteroatoms. The Hall–Kier alpha value is -2.26. The number of aromatic nitrogens is 1. The summed E-state index contributed by atoms with van der Waals surface area (Å²) in [5.74, 6) is 0.625. The molecule has 1 aromatic carbocycles. The number of benzene rings is 1. The molecule has 3 aromatic rings. The number of nitrogens with one attached hydrogen (secondary N) is 1. The van der Waals surface area contributed by atoms with Gasteiger partial charge in [0.15, 0.2) is 15.3 Å². The Morgan fingerprint density at radius 1 is 1.36 bits per heavy atom. The van der Waals surface area contributed by atoms with Gasteiger partial charge in [-0.2, -0.15) is 0 Å². The van der Waals surface area contributed by atoms with Crippen LogP contribution in [0.25, 0.3) is 0 Å². The minimum Gasteiger partial charge on any atom is -0.588 e. The van der Waals surface area contributed by atoms with Crippen LogP contribution in [0, 0.1) is 6.92 Å². The minimum atomic E-state index is -3.70. The van der Waals surface area contributed by atoms with Crippen molar-refractivity contribution in [1.82, 2.24) is 9.88 Å². The zero-order valence-corrected chi connectivity index (χ0v) is 17.1. The summed E-state index contributed by atoms with van der Waals surface area (Å²) >= 11 is 1.76. The van der Waals surface area contributed by atoms with Gasteiger partial charge in [-0.3, -0.25) is 9.88 Å². The van der Waals surface area contributed by atoms with E-state index in [9.17, 15) is 8.76 Å². The quantitative estimate of drug-likeness (QED) is 0.640. The number of aryl methyl sites for hydroxylation is 1. The van der Waals surface area contributed by atoms with E-state index in [-0.39, 0.29) is 4.90 Å². The lowest BCUT2D eigenvalue weighted by Crippen LogP contribution is -2.25. The fraction of sp³-hybridized carbons (Fsp3) is 0.250. The summed E-state index contributed by atoms with van der Waals surface area (Å²) in [6, 6.07) is 10.5. The molecule has 3 heterocycles. The molecule has 0 radical (unpaired) electrons. The summed E-state index contributed by atoms with van der Waals surface area (Å²) in [6.45, 7) is 5.04. The minimum absolute atomic E-state index is 0.178. The third-order valence-corrected chi connectivity index (χ3v) is 7.04. The van der Waals surface area contributed by atoms with Crippen molar-refractivity contribution in [2.24, 2.45) is 0 Å². The summed E-state index contributed by atoms with van der Waals surface area (Å²) in [4.78, 5) is 7.79. The molecule has 1 aliphatic rings. The van der Waals surface area contributed by atoms with Crippen LogP contribution in [-0.2, 0) is 27.7 Å². The largest absolute Gasteiger partial charge is 0.588 e. The highest BCUT2D eigenvalue weighted by atomic mass is 32.3. The van der Waals surface area contributed by atoms with Gasteiger partial charge in [0.05, 0.1) is 11.9 Å². The number of anilines is 1. The molecule has 2 aromatic heterocycles. The van der Waals surface area contributed by atoms with E-state index in [2.05, 4.69) is 33.0 Å². The maximum absolute atomic E-state index is 12.7. The van der Waals surface area contributed by atoms with Gasteiger partial charge in [-0.25, -0.2) is 4.72 Å². The lowest BCUT2D eigenvalue weighted by atomic mass is 10.2. The van der Waals surface area contributed by atoms with Gasteiger partial charge in [0.1, 0.15) is 12.4 Å². The first kappa shape index (κ1) is 19.1. The molecule has 1 atom stereocenters. The van der Waals surface area contributed by atoms with Gasteiger partial charge >= 0.3 is 0 Å². The first-order chi connectivity index (χ1) is 13.5. The second kappa shape index (κ2) is 8.00. The van der Waals surface area contributed by atoms with E-state index >= 15 is 0 Å². The van der Waals surface area contributed by atoms with E-state index in [1.54, 1.807) is 41.8 Å². The maximum atomic E-state index is 12.7. The summed E-state index contributed by atoms with van der Waals surface area (Å²) in [6.07, 6.45) is 3.07. The van der Waals surface area contributed by atoms with Crippen molar-refractivity contribution in [1.29, 1.82) is 0 Å². The second-order valence-corrected chi connectivity index (χ2v) is 9.39. The first-order valence-electron chi connectivity index (χ1n) is 8.95. The average Bonchev–Trinajstić information content (AvgIpc) is 2.96. The molecule has 1 aliphatic heterocycles. The zero-order valence-electron chi connectivity index (χ0n) is 15.5. The molecule has 6 nitrogen and oxygen atoms in total. The highest BCUT2D eigenvalue weighted by molar-refractivity contribution is 7.98. The highest BCUT2D eigenvalue weighted by Crippen LogP contribution is 2.30. The van der Waals surface area contributed by atoms with Gasteiger partial charge in [0.2, 0.25) is 0 Å². The molecule has 0 saturated heterocycles. The fourth-order valence-corrected chi connectivity index (χ4v) is 5.12. The van der Waals surface area contributed by atoms with Gasteiger partial charge in [-0.1, -0.05) is 4.21 Å². The molecule has 0 aliphatic carbocycles. The van der Waals surface area contributed by atoms with E-state index in [0.29, 0.717) is 18.0 Å². The molecular weight excluding hydrogens is 394 g/mol. The number of hydrogen-bond acceptors (Lipinski definition) is 6. The number of thiophene rings is 1. The van der Waals surface area contributed by atoms with Crippen LogP contribution >= 0.6 is 11.3 Å². The van der Waals surface area contributed by atoms with E-state index in [1.165, 1.54) is 16.6 Å². The number of nitrogens with zero attached hydrogens (tertiary/aromatic N) is 2. The first-order valence-corrected chi connectivity index (χ1v) is 11.3. The van der Waals surface area contributed by atoms with Crippen LogP contribution in [0.1, 0.15) is 16.0 Å². The Morgan fingerprint density at radius 2 is 2.25 bits per heavy atom. The number of fused-ring (bicyclic) bond motifs is 1. The summed E-state index contributed by atoms with van der Waals surface area (Å²) in [5.41, 5.74) is 2.72. The Bertz CT molecular complexity index is 1010. The normalized spacial score (nSPS) is 16.5. The smallest absolute Gasteiger partial charge is 0.184 e. The number of sulfonamides is 1. The molecule has 146 valence electrons. The van der Waals surface area contributed by atoms with E-state index in [4.69, 9.17) is 4.74 Å². The van der Waals surface area contributed by atoms with Crippen LogP contribution in [0.3, 0.4) is 0 Å². The van der Waals surface area contributed by atoms with E-state index in [0.717, 1.165) is 25.2 Å². The van der Waals surface area contributed by atoms with E-state index < -0.39 is 10.4 Å². The molecule has 0 saturated carbocycles. The van der Waals surface area contributed by atoms with Crippen molar-refractivity contribution in [3.8, 4) is 5.75 Å². The summed E-state index contributed by atoms with van der Waals surface area (Å²) in [7, 11) is -3.70. The predicted molar refractivity (Wildman–Crippen MR) is 110 cm³/mol. The molecule has 0 spiro atoms. The van der Waals surface area contributed by atoms with Gasteiger partial charge in [0.25, 0.3) is 0 Å². The van der Waals surface area contributed by atoms with E-state index in [1.807, 2.05) is 6.07 Å². The molecule has 4 rings (SSSR count). The van der Waals surface area contributed by atoms with Crippen molar-refractivity contribution < 1.29 is 13.5 Å². The third kappa shape index (κ3) is 4.25. The molecule has 0 fully saturated rings. The second-order valence-electron chi connectivity index (χ2n) is 6.70. The molecule has 0 bridgehead atoms. The van der Waals surface area contributed by atoms with Gasteiger partial charge in [-0.05, 0) is 48.2 Å². The molecular formula is C20H21N3O3S2. The Labute approximate surface area is 169 Å². The fourth-order valence-electron chi connectivity index (χ4n) is 3.11. The highest BCUT2D eigenvalue weighted by Gasteiger charge is 2.24. The molecule has 1 N–H and O–H groups in total. The molecule has 1 unspecified atom stereocenters. The van der Waals surface area contributed by atoms with Gasteiger partial charge < -0.3 is 9.29 Å². The lowest BCUT2D eigenvalue weighted by molar-refractivity contribution is 0.220. The topological polar surface area (TPSA) is 77.5 Å². The zero-order chi connectivity index (χ0) is 19.6. The van der Waals surface area contributed by atoms with Crippen LogP contribution in [0.4, 0.5) is 5.69 Å². The Morgan fingerprint density at radius 3 is 3.00 bits per heavy atom.